The summed E-state index contributed by atoms with van der Waals surface area (Å²) in [6.45, 7) is 3.95. The summed E-state index contributed by atoms with van der Waals surface area (Å²) in [5, 5.41) is 30.7. The monoisotopic (exact) mass is 929 g/mol. The molecule has 0 bridgehead atoms. The number of hydrogen-bond donors (Lipinski definition) is 4. The molecule has 1 heterocycles. The molecular formula is C51H92O12S. The number of carbonyl (C=O) groups is 1. The van der Waals surface area contributed by atoms with Crippen LogP contribution < -0.4 is 0 Å². The molecule has 6 atom stereocenters. The van der Waals surface area contributed by atoms with Gasteiger partial charge in [-0.3, -0.25) is 9.35 Å². The zero-order valence-electron chi connectivity index (χ0n) is 40.1. The van der Waals surface area contributed by atoms with Gasteiger partial charge in [0.15, 0.2) is 6.29 Å². The minimum absolute atomic E-state index is 0.0280. The summed E-state index contributed by atoms with van der Waals surface area (Å²) >= 11 is 0. The van der Waals surface area contributed by atoms with Gasteiger partial charge in [0.25, 0.3) is 0 Å². The average Bonchev–Trinajstić information content (AvgIpc) is 3.27. The summed E-state index contributed by atoms with van der Waals surface area (Å²) in [5.74, 6) is -0.412. The van der Waals surface area contributed by atoms with Gasteiger partial charge in [-0.25, -0.2) is 4.18 Å². The molecule has 1 aliphatic heterocycles. The molecule has 0 aromatic heterocycles. The van der Waals surface area contributed by atoms with Crippen molar-refractivity contribution in [2.75, 3.05) is 26.4 Å². The van der Waals surface area contributed by atoms with Gasteiger partial charge in [-0.2, -0.15) is 8.42 Å². The van der Waals surface area contributed by atoms with Gasteiger partial charge in [0.2, 0.25) is 0 Å². The van der Waals surface area contributed by atoms with E-state index in [4.69, 9.17) is 18.9 Å². The average molecular weight is 929 g/mol. The maximum Gasteiger partial charge on any atom is 0.397 e. The van der Waals surface area contributed by atoms with Crippen LogP contribution in [0, 0.1) is 0 Å². The first-order valence-electron chi connectivity index (χ1n) is 25.4. The Kier molecular flexibility index (Phi) is 39.8. The minimum Gasteiger partial charge on any atom is -0.457 e. The van der Waals surface area contributed by atoms with E-state index in [0.29, 0.717) is 13.0 Å². The summed E-state index contributed by atoms with van der Waals surface area (Å²) < 4.78 is 59.2. The molecule has 64 heavy (non-hydrogen) atoms. The van der Waals surface area contributed by atoms with E-state index in [0.717, 1.165) is 70.6 Å². The van der Waals surface area contributed by atoms with Crippen molar-refractivity contribution in [1.29, 1.82) is 0 Å². The van der Waals surface area contributed by atoms with E-state index in [-0.39, 0.29) is 19.6 Å². The highest BCUT2D eigenvalue weighted by atomic mass is 32.3. The number of aliphatic hydroxyl groups is 3. The first-order valence-corrected chi connectivity index (χ1v) is 26.8. The van der Waals surface area contributed by atoms with Crippen LogP contribution in [-0.4, -0.2) is 97.5 Å². The molecule has 12 nitrogen and oxygen atoms in total. The smallest absolute Gasteiger partial charge is 0.397 e. The summed E-state index contributed by atoms with van der Waals surface area (Å²) in [4.78, 5) is 12.9. The van der Waals surface area contributed by atoms with E-state index in [1.54, 1.807) is 0 Å². The molecule has 0 amide bonds. The van der Waals surface area contributed by atoms with Crippen LogP contribution in [0.25, 0.3) is 0 Å². The first kappa shape index (κ1) is 60.1. The highest BCUT2D eigenvalue weighted by Gasteiger charge is 2.48. The van der Waals surface area contributed by atoms with Crippen molar-refractivity contribution >= 4 is 16.4 Å². The van der Waals surface area contributed by atoms with Gasteiger partial charge in [-0.1, -0.05) is 172 Å². The van der Waals surface area contributed by atoms with Crippen molar-refractivity contribution in [2.24, 2.45) is 0 Å². The molecular weight excluding hydrogens is 837 g/mol. The molecule has 374 valence electrons. The van der Waals surface area contributed by atoms with Gasteiger partial charge in [-0.15, -0.1) is 0 Å². The maximum atomic E-state index is 12.9. The van der Waals surface area contributed by atoms with Crippen LogP contribution >= 0.6 is 0 Å². The molecule has 4 N–H and O–H groups in total. The number of ether oxygens (including phenoxy) is 4. The standard InChI is InChI=1S/C51H92O12S/c1-3-5-7-9-11-13-15-17-19-21-23-24-26-28-30-32-34-36-38-40-47(53)61-45(44-60-51-49(55)50(63-64(56,57)58)48(54)46(42-52)62-51)43-59-41-39-37-35-33-31-29-27-25-22-20-18-16-14-12-10-8-6-4-2/h11,13,17-20,23-24,45-46,48-52,54-55H,3-10,12,14-16,21-22,25-44H2,1-2H3,(H,56,57,58)/b13-11-,19-17-,20-18-,24-23-. The lowest BCUT2D eigenvalue weighted by Crippen LogP contribution is -2.60. The van der Waals surface area contributed by atoms with Crippen molar-refractivity contribution in [1.82, 2.24) is 0 Å². The van der Waals surface area contributed by atoms with Gasteiger partial charge >= 0.3 is 16.4 Å². The third-order valence-electron chi connectivity index (χ3n) is 11.4. The number of carbonyl (C=O) groups excluding carboxylic acids is 1. The molecule has 0 aromatic rings. The molecule has 1 aliphatic rings. The van der Waals surface area contributed by atoms with Crippen LogP contribution in [0.1, 0.15) is 206 Å². The van der Waals surface area contributed by atoms with E-state index in [1.807, 2.05) is 0 Å². The summed E-state index contributed by atoms with van der Waals surface area (Å²) in [6.07, 6.45) is 42.8. The van der Waals surface area contributed by atoms with Gasteiger partial charge < -0.3 is 34.3 Å². The van der Waals surface area contributed by atoms with Crippen molar-refractivity contribution < 1.29 is 56.2 Å². The maximum absolute atomic E-state index is 12.9. The lowest BCUT2D eigenvalue weighted by molar-refractivity contribution is -0.301. The minimum atomic E-state index is -5.07. The third kappa shape index (κ3) is 35.3. The Balaban J connectivity index is 2.39. The second-order valence-corrected chi connectivity index (χ2v) is 18.4. The zero-order valence-corrected chi connectivity index (χ0v) is 40.9. The Morgan fingerprint density at radius 2 is 1.03 bits per heavy atom. The van der Waals surface area contributed by atoms with Gasteiger partial charge in [0.1, 0.15) is 30.5 Å². The number of allylic oxidation sites excluding steroid dienone is 8. The summed E-state index contributed by atoms with van der Waals surface area (Å²) in [7, 11) is -5.07. The molecule has 0 radical (unpaired) electrons. The largest absolute Gasteiger partial charge is 0.457 e. The lowest BCUT2D eigenvalue weighted by atomic mass is 9.99. The Bertz CT molecular complexity index is 1300. The van der Waals surface area contributed by atoms with E-state index >= 15 is 0 Å². The SMILES string of the molecule is CCCCC/C=C\C/C=C\C/C=C\CCCCCCCCC(=O)OC(COCCCCCCCCCC/C=C\CCCCCCCC)COC1OC(CO)C(O)C(OS(=O)(=O)O)C1O. The zero-order chi connectivity index (χ0) is 46.8. The van der Waals surface area contributed by atoms with Crippen LogP contribution in [0.4, 0.5) is 0 Å². The molecule has 0 saturated carbocycles. The second kappa shape index (κ2) is 42.4. The molecule has 1 fully saturated rings. The molecule has 1 rings (SSSR count). The molecule has 0 spiro atoms. The highest BCUT2D eigenvalue weighted by molar-refractivity contribution is 7.80. The molecule has 6 unspecified atom stereocenters. The number of rotatable bonds is 44. The quantitative estimate of drug-likeness (QED) is 0.0197. The Morgan fingerprint density at radius 1 is 0.594 bits per heavy atom. The summed E-state index contributed by atoms with van der Waals surface area (Å²) in [6, 6.07) is 0. The third-order valence-corrected chi connectivity index (χ3v) is 11.9. The number of hydrogen-bond acceptors (Lipinski definition) is 11. The number of esters is 1. The van der Waals surface area contributed by atoms with Crippen LogP contribution in [0.2, 0.25) is 0 Å². The Hall–Kier alpha value is -1.94. The van der Waals surface area contributed by atoms with Crippen LogP contribution in [0.15, 0.2) is 48.6 Å². The molecule has 0 aromatic carbocycles. The van der Waals surface area contributed by atoms with E-state index in [9.17, 15) is 33.1 Å². The van der Waals surface area contributed by atoms with Crippen molar-refractivity contribution in [3.05, 3.63) is 48.6 Å². The predicted molar refractivity (Wildman–Crippen MR) is 257 cm³/mol. The fourth-order valence-corrected chi connectivity index (χ4v) is 8.07. The van der Waals surface area contributed by atoms with Crippen molar-refractivity contribution in [3.8, 4) is 0 Å². The molecule has 13 heteroatoms. The normalized spacial score (nSPS) is 20.1. The highest BCUT2D eigenvalue weighted by Crippen LogP contribution is 2.26. The van der Waals surface area contributed by atoms with Gasteiger partial charge in [0, 0.05) is 13.0 Å². The Labute approximate surface area is 389 Å². The number of unbranched alkanes of at least 4 members (excludes halogenated alkanes) is 23. The van der Waals surface area contributed by atoms with Crippen LogP contribution in [0.5, 0.6) is 0 Å². The van der Waals surface area contributed by atoms with E-state index < -0.39 is 59.8 Å². The Morgan fingerprint density at radius 3 is 1.55 bits per heavy atom. The van der Waals surface area contributed by atoms with Crippen molar-refractivity contribution in [3.63, 3.8) is 0 Å². The number of aliphatic hydroxyl groups excluding tert-OH is 3. The van der Waals surface area contributed by atoms with E-state index in [2.05, 4.69) is 66.6 Å². The second-order valence-electron chi connectivity index (χ2n) is 17.4. The van der Waals surface area contributed by atoms with Crippen LogP contribution in [0.3, 0.4) is 0 Å². The fraction of sp³-hybridized carbons (Fsp3) is 0.824. The summed E-state index contributed by atoms with van der Waals surface area (Å²) in [5.41, 5.74) is 0. The van der Waals surface area contributed by atoms with E-state index in [1.165, 1.54) is 109 Å². The van der Waals surface area contributed by atoms with Crippen molar-refractivity contribution in [2.45, 2.75) is 243 Å². The first-order chi connectivity index (χ1) is 31.1. The lowest BCUT2D eigenvalue weighted by Gasteiger charge is -2.41. The topological polar surface area (TPSA) is 178 Å². The van der Waals surface area contributed by atoms with Gasteiger partial charge in [-0.05, 0) is 77.0 Å². The molecule has 1 saturated heterocycles. The van der Waals surface area contributed by atoms with Crippen LogP contribution in [-0.2, 0) is 38.3 Å². The predicted octanol–water partition coefficient (Wildman–Crippen LogP) is 11.5. The van der Waals surface area contributed by atoms with Gasteiger partial charge in [0.05, 0.1) is 19.8 Å². The fourth-order valence-electron chi connectivity index (χ4n) is 7.56. The molecule has 0 aliphatic carbocycles.